The van der Waals surface area contributed by atoms with Crippen LogP contribution in [0.1, 0.15) is 43.7 Å². The summed E-state index contributed by atoms with van der Waals surface area (Å²) in [6, 6.07) is 0. The summed E-state index contributed by atoms with van der Waals surface area (Å²) in [6.07, 6.45) is 6.12. The van der Waals surface area contributed by atoms with Gasteiger partial charge in [-0.1, -0.05) is 6.92 Å². The summed E-state index contributed by atoms with van der Waals surface area (Å²) in [5.41, 5.74) is 1.33. The first kappa shape index (κ1) is 17.1. The second-order valence-electron chi connectivity index (χ2n) is 5.20. The number of H-pyrrole nitrogens is 2. The van der Waals surface area contributed by atoms with Gasteiger partial charge in [-0.25, -0.2) is 0 Å². The molecule has 0 radical (unpaired) electrons. The van der Waals surface area contributed by atoms with E-state index in [1.54, 1.807) is 30.1 Å². The van der Waals surface area contributed by atoms with Crippen molar-refractivity contribution in [3.05, 3.63) is 44.8 Å². The molecular weight excluding hydrogens is 316 g/mol. The first-order valence-corrected chi connectivity index (χ1v) is 7.91. The van der Waals surface area contributed by atoms with E-state index in [0.29, 0.717) is 36.3 Å². The molecule has 2 aromatic heterocycles. The molecule has 0 saturated heterocycles. The largest absolute Gasteiger partial charge is 0.466 e. The summed E-state index contributed by atoms with van der Waals surface area (Å²) in [6.45, 7) is 4.63. The van der Waals surface area contributed by atoms with Crippen LogP contribution >= 0.6 is 12.2 Å². The number of carbonyl (C=O) groups is 1. The van der Waals surface area contributed by atoms with Gasteiger partial charge in [0.1, 0.15) is 0 Å². The van der Waals surface area contributed by atoms with Gasteiger partial charge in [-0.2, -0.15) is 5.10 Å². The van der Waals surface area contributed by atoms with Crippen molar-refractivity contribution in [1.29, 1.82) is 0 Å². The summed E-state index contributed by atoms with van der Waals surface area (Å²) in [5, 5.41) is 6.65. The van der Waals surface area contributed by atoms with Crippen LogP contribution in [0.25, 0.3) is 0 Å². The quantitative estimate of drug-likeness (QED) is 0.597. The average Bonchev–Trinajstić information content (AvgIpc) is 3.03. The number of esters is 1. The van der Waals surface area contributed by atoms with Crippen LogP contribution in [-0.4, -0.2) is 32.3 Å². The Balaban J connectivity index is 2.15. The maximum absolute atomic E-state index is 12.2. The molecule has 0 aromatic carbocycles. The highest BCUT2D eigenvalue weighted by Crippen LogP contribution is 2.19. The van der Waals surface area contributed by atoms with Gasteiger partial charge in [0.05, 0.1) is 12.8 Å². The number of hydrogen-bond donors (Lipinski definition) is 2. The number of nitrogens with one attached hydrogen (secondary N) is 2. The van der Waals surface area contributed by atoms with E-state index in [1.807, 2.05) is 6.92 Å². The van der Waals surface area contributed by atoms with Gasteiger partial charge in [0.2, 0.25) is 0 Å². The number of hydrogen-bond acceptors (Lipinski definition) is 5. The van der Waals surface area contributed by atoms with E-state index < -0.39 is 0 Å². The van der Waals surface area contributed by atoms with E-state index in [1.165, 1.54) is 0 Å². The van der Waals surface area contributed by atoms with Gasteiger partial charge < -0.3 is 9.30 Å². The molecule has 0 bridgehead atoms. The second kappa shape index (κ2) is 7.87. The van der Waals surface area contributed by atoms with Crippen LogP contribution in [0.2, 0.25) is 0 Å². The summed E-state index contributed by atoms with van der Waals surface area (Å²) >= 11 is 5.19. The van der Waals surface area contributed by atoms with E-state index in [0.717, 1.165) is 5.56 Å². The number of ether oxygens (including phenoxy) is 1. The highest BCUT2D eigenvalue weighted by molar-refractivity contribution is 7.71. The van der Waals surface area contributed by atoms with Crippen molar-refractivity contribution in [3.63, 3.8) is 0 Å². The minimum Gasteiger partial charge on any atom is -0.466 e. The SMILES string of the molecule is CCOC(=O)CCCn1cc(C(C)c2cn[nH]c2)c(=O)[nH]c1=S. The van der Waals surface area contributed by atoms with Crippen molar-refractivity contribution in [2.24, 2.45) is 0 Å². The van der Waals surface area contributed by atoms with E-state index in [-0.39, 0.29) is 17.4 Å². The van der Waals surface area contributed by atoms with Gasteiger partial charge in [-0.15, -0.1) is 0 Å². The Morgan fingerprint density at radius 3 is 2.96 bits per heavy atom. The fourth-order valence-corrected chi connectivity index (χ4v) is 2.54. The number of aromatic amines is 2. The van der Waals surface area contributed by atoms with Crippen LogP contribution in [0.5, 0.6) is 0 Å². The average molecular weight is 336 g/mol. The summed E-state index contributed by atoms with van der Waals surface area (Å²) < 4.78 is 7.03. The molecule has 124 valence electrons. The minimum atomic E-state index is -0.226. The fraction of sp³-hybridized carbons (Fsp3) is 0.467. The lowest BCUT2D eigenvalue weighted by molar-refractivity contribution is -0.143. The Morgan fingerprint density at radius 2 is 2.30 bits per heavy atom. The predicted molar refractivity (Wildman–Crippen MR) is 87.9 cm³/mol. The van der Waals surface area contributed by atoms with Crippen molar-refractivity contribution >= 4 is 18.2 Å². The minimum absolute atomic E-state index is 0.107. The first-order chi connectivity index (χ1) is 11.0. The van der Waals surface area contributed by atoms with Crippen molar-refractivity contribution in [2.45, 2.75) is 39.2 Å². The zero-order chi connectivity index (χ0) is 16.8. The zero-order valence-corrected chi connectivity index (χ0v) is 14.0. The molecular formula is C15H20N4O3S. The van der Waals surface area contributed by atoms with Gasteiger partial charge >= 0.3 is 5.97 Å². The molecule has 2 aromatic rings. The molecule has 1 atom stereocenters. The van der Waals surface area contributed by atoms with Crippen LogP contribution < -0.4 is 5.56 Å². The third-order valence-electron chi connectivity index (χ3n) is 3.61. The standard InChI is InChI=1S/C15H20N4O3S/c1-3-22-13(20)5-4-6-19-9-12(14(21)18-15(19)23)10(2)11-7-16-17-8-11/h7-10H,3-6H2,1-2H3,(H,16,17)(H,18,21,23). The number of rotatable bonds is 7. The molecule has 7 nitrogen and oxygen atoms in total. The Kier molecular flexibility index (Phi) is 5.86. The normalized spacial score (nSPS) is 12.1. The summed E-state index contributed by atoms with van der Waals surface area (Å²) in [7, 11) is 0. The van der Waals surface area contributed by atoms with Gasteiger partial charge in [0, 0.05) is 36.8 Å². The molecule has 0 saturated carbocycles. The Hall–Kier alpha value is -2.22. The maximum atomic E-state index is 12.2. The van der Waals surface area contributed by atoms with Crippen molar-refractivity contribution in [1.82, 2.24) is 19.7 Å². The monoisotopic (exact) mass is 336 g/mol. The number of aromatic nitrogens is 4. The molecule has 23 heavy (non-hydrogen) atoms. The van der Waals surface area contributed by atoms with E-state index in [4.69, 9.17) is 17.0 Å². The number of aryl methyl sites for hydroxylation is 1. The van der Waals surface area contributed by atoms with Gasteiger partial charge in [-0.3, -0.25) is 19.7 Å². The van der Waals surface area contributed by atoms with Crippen LogP contribution in [0, 0.1) is 4.77 Å². The van der Waals surface area contributed by atoms with Crippen molar-refractivity contribution in [2.75, 3.05) is 6.61 Å². The lowest BCUT2D eigenvalue weighted by Gasteiger charge is -2.13. The summed E-state index contributed by atoms with van der Waals surface area (Å²) in [4.78, 5) is 26.2. The number of nitrogens with zero attached hydrogens (tertiary/aromatic N) is 2. The molecule has 0 aliphatic rings. The molecule has 0 aliphatic carbocycles. The number of carbonyl (C=O) groups excluding carboxylic acids is 1. The van der Waals surface area contributed by atoms with Gasteiger partial charge in [-0.05, 0) is 31.1 Å². The zero-order valence-electron chi connectivity index (χ0n) is 13.2. The third-order valence-corrected chi connectivity index (χ3v) is 3.95. The van der Waals surface area contributed by atoms with E-state index >= 15 is 0 Å². The highest BCUT2D eigenvalue weighted by Gasteiger charge is 2.14. The Labute approximate surface area is 138 Å². The van der Waals surface area contributed by atoms with Crippen LogP contribution in [0.4, 0.5) is 0 Å². The van der Waals surface area contributed by atoms with Crippen LogP contribution in [0.15, 0.2) is 23.4 Å². The van der Waals surface area contributed by atoms with Gasteiger partial charge in [0.15, 0.2) is 4.77 Å². The fourth-order valence-electron chi connectivity index (χ4n) is 2.30. The van der Waals surface area contributed by atoms with Crippen molar-refractivity contribution in [3.8, 4) is 0 Å². The molecule has 8 heteroatoms. The molecule has 1 unspecified atom stereocenters. The first-order valence-electron chi connectivity index (χ1n) is 7.51. The lowest BCUT2D eigenvalue weighted by atomic mass is 9.98. The van der Waals surface area contributed by atoms with Gasteiger partial charge in [0.25, 0.3) is 5.56 Å². The molecule has 0 spiro atoms. The second-order valence-corrected chi connectivity index (χ2v) is 5.59. The molecule has 0 aliphatic heterocycles. The topological polar surface area (TPSA) is 92.8 Å². The van der Waals surface area contributed by atoms with E-state index in [9.17, 15) is 9.59 Å². The summed E-state index contributed by atoms with van der Waals surface area (Å²) in [5.74, 6) is -0.333. The Morgan fingerprint density at radius 1 is 1.52 bits per heavy atom. The molecule has 2 heterocycles. The van der Waals surface area contributed by atoms with Crippen LogP contribution in [0.3, 0.4) is 0 Å². The smallest absolute Gasteiger partial charge is 0.305 e. The molecule has 2 rings (SSSR count). The maximum Gasteiger partial charge on any atom is 0.305 e. The van der Waals surface area contributed by atoms with Crippen LogP contribution in [-0.2, 0) is 16.1 Å². The lowest BCUT2D eigenvalue weighted by Crippen LogP contribution is -2.20. The third kappa shape index (κ3) is 4.38. The highest BCUT2D eigenvalue weighted by atomic mass is 32.1. The van der Waals surface area contributed by atoms with Crippen molar-refractivity contribution < 1.29 is 9.53 Å². The van der Waals surface area contributed by atoms with E-state index in [2.05, 4.69) is 15.2 Å². The predicted octanol–water partition coefficient (Wildman–Crippen LogP) is 2.12. The molecule has 0 fully saturated rings. The Bertz CT molecular complexity index is 764. The molecule has 2 N–H and O–H groups in total. The molecule has 0 amide bonds.